The van der Waals surface area contributed by atoms with Crippen LogP contribution < -0.4 is 9.46 Å². The Balaban J connectivity index is 2.09. The molecule has 2 rings (SSSR count). The van der Waals surface area contributed by atoms with Crippen molar-refractivity contribution in [2.24, 2.45) is 0 Å². The minimum atomic E-state index is -3.67. The van der Waals surface area contributed by atoms with E-state index in [-0.39, 0.29) is 18.0 Å². The monoisotopic (exact) mass is 339 g/mol. The van der Waals surface area contributed by atoms with Gasteiger partial charge in [0.15, 0.2) is 0 Å². The molecule has 2 aromatic rings. The van der Waals surface area contributed by atoms with Gasteiger partial charge in [0.05, 0.1) is 25.5 Å². The fraction of sp³-hybridized carbons (Fsp3) is 0.400. The van der Waals surface area contributed by atoms with E-state index in [0.717, 1.165) is 5.56 Å². The second kappa shape index (κ2) is 6.69. The van der Waals surface area contributed by atoms with Crippen LogP contribution in [0.15, 0.2) is 41.6 Å². The molecule has 0 atom stereocenters. The number of rotatable bonds is 7. The number of methoxy groups -OCH3 is 1. The van der Waals surface area contributed by atoms with Crippen molar-refractivity contribution < 1.29 is 18.3 Å². The van der Waals surface area contributed by atoms with E-state index in [0.29, 0.717) is 5.75 Å². The summed E-state index contributed by atoms with van der Waals surface area (Å²) in [5.41, 5.74) is 0.154. The van der Waals surface area contributed by atoms with Gasteiger partial charge in [0.2, 0.25) is 10.0 Å². The maximum absolute atomic E-state index is 12.3. The molecule has 1 heterocycles. The number of nitrogens with one attached hydrogen (secondary N) is 1. The summed E-state index contributed by atoms with van der Waals surface area (Å²) in [6, 6.07) is 7.12. The third-order valence-electron chi connectivity index (χ3n) is 3.50. The lowest BCUT2D eigenvalue weighted by molar-refractivity contribution is 0.152. The summed E-state index contributed by atoms with van der Waals surface area (Å²) in [4.78, 5) is 0.0625. The van der Waals surface area contributed by atoms with Crippen LogP contribution in [0.25, 0.3) is 0 Å². The first-order chi connectivity index (χ1) is 10.8. The summed E-state index contributed by atoms with van der Waals surface area (Å²) in [7, 11) is -2.10. The molecule has 1 aromatic carbocycles. The Labute approximate surface area is 136 Å². The van der Waals surface area contributed by atoms with Crippen LogP contribution >= 0.6 is 0 Å². The molecule has 23 heavy (non-hydrogen) atoms. The number of nitrogens with zero attached hydrogens (tertiary/aromatic N) is 2. The van der Waals surface area contributed by atoms with Crippen molar-refractivity contribution in [3.63, 3.8) is 0 Å². The Bertz CT molecular complexity index is 751. The van der Waals surface area contributed by atoms with Crippen molar-refractivity contribution >= 4 is 10.0 Å². The number of aliphatic hydroxyl groups excluding tert-OH is 1. The predicted molar refractivity (Wildman–Crippen MR) is 85.7 cm³/mol. The van der Waals surface area contributed by atoms with Crippen LogP contribution in [0.4, 0.5) is 0 Å². The molecule has 0 fully saturated rings. The van der Waals surface area contributed by atoms with E-state index in [2.05, 4.69) is 9.82 Å². The maximum Gasteiger partial charge on any atom is 0.243 e. The normalized spacial score (nSPS) is 12.3. The smallest absolute Gasteiger partial charge is 0.243 e. The Morgan fingerprint density at radius 2 is 1.96 bits per heavy atom. The summed E-state index contributed by atoms with van der Waals surface area (Å²) >= 11 is 0. The molecule has 0 bridgehead atoms. The molecule has 2 N–H and O–H groups in total. The topological polar surface area (TPSA) is 93.5 Å². The van der Waals surface area contributed by atoms with Crippen molar-refractivity contribution in [1.82, 2.24) is 14.5 Å². The van der Waals surface area contributed by atoms with Gasteiger partial charge in [-0.25, -0.2) is 13.1 Å². The van der Waals surface area contributed by atoms with Gasteiger partial charge in [0.1, 0.15) is 10.6 Å². The second-order valence-electron chi connectivity index (χ2n) is 5.76. The third kappa shape index (κ3) is 4.10. The molecule has 0 saturated heterocycles. The van der Waals surface area contributed by atoms with Gasteiger partial charge >= 0.3 is 0 Å². The van der Waals surface area contributed by atoms with Crippen LogP contribution in [-0.2, 0) is 22.1 Å². The standard InChI is InChI=1S/C15H21N3O4S/c1-15(2,11-19)18-10-14(9-16-18)23(20,21)17-8-12-4-6-13(22-3)7-5-12/h4-7,9-10,17,19H,8,11H2,1-3H3. The molecule has 8 heteroatoms. The van der Waals surface area contributed by atoms with Crippen molar-refractivity contribution in [2.75, 3.05) is 13.7 Å². The van der Waals surface area contributed by atoms with E-state index >= 15 is 0 Å². The Hall–Kier alpha value is -1.90. The summed E-state index contributed by atoms with van der Waals surface area (Å²) < 4.78 is 33.6. The molecule has 0 unspecified atom stereocenters. The van der Waals surface area contributed by atoms with Crippen LogP contribution in [-0.4, -0.2) is 37.0 Å². The number of aromatic nitrogens is 2. The highest BCUT2D eigenvalue weighted by Crippen LogP contribution is 2.17. The van der Waals surface area contributed by atoms with Crippen LogP contribution in [0.3, 0.4) is 0 Å². The average Bonchev–Trinajstić information content (AvgIpc) is 3.05. The van der Waals surface area contributed by atoms with Crippen LogP contribution in [0.1, 0.15) is 19.4 Å². The summed E-state index contributed by atoms with van der Waals surface area (Å²) in [5, 5.41) is 13.3. The molecule has 7 nitrogen and oxygen atoms in total. The zero-order valence-electron chi connectivity index (χ0n) is 13.4. The lowest BCUT2D eigenvalue weighted by atomic mass is 10.1. The number of hydrogen-bond acceptors (Lipinski definition) is 5. The zero-order chi connectivity index (χ0) is 17.1. The Morgan fingerprint density at radius 3 is 2.52 bits per heavy atom. The van der Waals surface area contributed by atoms with Gasteiger partial charge in [-0.2, -0.15) is 5.10 Å². The largest absolute Gasteiger partial charge is 0.497 e. The lowest BCUT2D eigenvalue weighted by Crippen LogP contribution is -2.31. The van der Waals surface area contributed by atoms with Gasteiger partial charge in [0.25, 0.3) is 0 Å². The van der Waals surface area contributed by atoms with Gasteiger partial charge in [-0.15, -0.1) is 0 Å². The van der Waals surface area contributed by atoms with Crippen LogP contribution in [0.2, 0.25) is 0 Å². The molecule has 0 aliphatic carbocycles. The Kier molecular flexibility index (Phi) is 5.08. The lowest BCUT2D eigenvalue weighted by Gasteiger charge is -2.21. The molecule has 0 aliphatic rings. The van der Waals surface area contributed by atoms with Gasteiger partial charge in [-0.1, -0.05) is 12.1 Å². The second-order valence-corrected chi connectivity index (χ2v) is 7.53. The summed E-state index contributed by atoms with van der Waals surface area (Å²) in [6.45, 7) is 3.55. The van der Waals surface area contributed by atoms with E-state index in [1.807, 2.05) is 0 Å². The first-order valence-corrected chi connectivity index (χ1v) is 8.55. The molecule has 0 radical (unpaired) electrons. The van der Waals surface area contributed by atoms with E-state index in [1.54, 1.807) is 45.2 Å². The number of aliphatic hydroxyl groups is 1. The Morgan fingerprint density at radius 1 is 1.30 bits per heavy atom. The van der Waals surface area contributed by atoms with Crippen molar-refractivity contribution in [2.45, 2.75) is 30.8 Å². The number of hydrogen-bond donors (Lipinski definition) is 2. The first-order valence-electron chi connectivity index (χ1n) is 7.07. The molecule has 126 valence electrons. The van der Waals surface area contributed by atoms with Gasteiger partial charge in [-0.05, 0) is 31.5 Å². The van der Waals surface area contributed by atoms with Crippen molar-refractivity contribution in [1.29, 1.82) is 0 Å². The maximum atomic E-state index is 12.3. The minimum Gasteiger partial charge on any atom is -0.497 e. The average molecular weight is 339 g/mol. The van der Waals surface area contributed by atoms with Crippen molar-refractivity contribution in [3.05, 3.63) is 42.2 Å². The fourth-order valence-corrected chi connectivity index (χ4v) is 2.80. The van der Waals surface area contributed by atoms with Gasteiger partial charge in [0, 0.05) is 12.7 Å². The number of benzene rings is 1. The summed E-state index contributed by atoms with van der Waals surface area (Å²) in [6.07, 6.45) is 2.68. The molecule has 1 aromatic heterocycles. The van der Waals surface area contributed by atoms with E-state index in [4.69, 9.17) is 4.74 Å². The fourth-order valence-electron chi connectivity index (χ4n) is 1.85. The molecule has 0 aliphatic heterocycles. The summed E-state index contributed by atoms with van der Waals surface area (Å²) in [5.74, 6) is 0.712. The number of ether oxygens (including phenoxy) is 1. The van der Waals surface area contributed by atoms with Crippen molar-refractivity contribution in [3.8, 4) is 5.75 Å². The quantitative estimate of drug-likeness (QED) is 0.788. The van der Waals surface area contributed by atoms with Crippen LogP contribution in [0.5, 0.6) is 5.75 Å². The van der Waals surface area contributed by atoms with E-state index in [9.17, 15) is 13.5 Å². The molecule has 0 saturated carbocycles. The molecular weight excluding hydrogens is 318 g/mol. The zero-order valence-corrected chi connectivity index (χ0v) is 14.2. The van der Waals surface area contributed by atoms with E-state index in [1.165, 1.54) is 17.1 Å². The predicted octanol–water partition coefficient (Wildman–Crippen LogP) is 1.10. The third-order valence-corrected chi connectivity index (χ3v) is 4.86. The number of sulfonamides is 1. The highest BCUT2D eigenvalue weighted by Gasteiger charge is 2.23. The van der Waals surface area contributed by atoms with Crippen LogP contribution in [0, 0.1) is 0 Å². The highest BCUT2D eigenvalue weighted by atomic mass is 32.2. The molecule has 0 amide bonds. The molecule has 0 spiro atoms. The molecular formula is C15H21N3O4S. The SMILES string of the molecule is COc1ccc(CNS(=O)(=O)c2cnn(C(C)(C)CO)c2)cc1. The minimum absolute atomic E-state index is 0.0625. The highest BCUT2D eigenvalue weighted by molar-refractivity contribution is 7.89. The van der Waals surface area contributed by atoms with E-state index < -0.39 is 15.6 Å². The first kappa shape index (κ1) is 17.5. The van der Waals surface area contributed by atoms with Gasteiger partial charge in [-0.3, -0.25) is 4.68 Å². The van der Waals surface area contributed by atoms with Gasteiger partial charge < -0.3 is 9.84 Å².